The van der Waals surface area contributed by atoms with Crippen molar-refractivity contribution < 1.29 is 18.3 Å². The Morgan fingerprint density at radius 3 is 2.84 bits per heavy atom. The second-order valence-corrected chi connectivity index (χ2v) is 3.91. The highest BCUT2D eigenvalue weighted by atomic mass is 19.1. The fourth-order valence-electron chi connectivity index (χ4n) is 1.63. The van der Waals surface area contributed by atoms with Crippen LogP contribution in [0.2, 0.25) is 0 Å². The third-order valence-corrected chi connectivity index (χ3v) is 2.51. The van der Waals surface area contributed by atoms with Crippen LogP contribution in [0.3, 0.4) is 0 Å². The number of hydrogen-bond donors (Lipinski definition) is 1. The van der Waals surface area contributed by atoms with Crippen LogP contribution in [0.4, 0.5) is 8.78 Å². The summed E-state index contributed by atoms with van der Waals surface area (Å²) < 4.78 is 31.0. The van der Waals surface area contributed by atoms with Crippen LogP contribution >= 0.6 is 0 Å². The summed E-state index contributed by atoms with van der Waals surface area (Å²) in [5, 5.41) is 6.41. The second-order valence-electron chi connectivity index (χ2n) is 3.91. The van der Waals surface area contributed by atoms with E-state index in [1.165, 1.54) is 18.2 Å². The van der Waals surface area contributed by atoms with E-state index in [4.69, 9.17) is 4.74 Å². The molecule has 0 saturated heterocycles. The van der Waals surface area contributed by atoms with Crippen LogP contribution in [-0.2, 0) is 11.2 Å². The normalized spacial score (nSPS) is 10.5. The van der Waals surface area contributed by atoms with E-state index in [0.717, 1.165) is 6.07 Å². The summed E-state index contributed by atoms with van der Waals surface area (Å²) in [6.45, 7) is 1.95. The molecule has 1 N–H and O–H groups in total. The van der Waals surface area contributed by atoms with Crippen molar-refractivity contribution in [1.29, 1.82) is 0 Å². The number of benzene rings is 1. The third kappa shape index (κ3) is 3.15. The average molecular weight is 266 g/mol. The highest BCUT2D eigenvalue weighted by molar-refractivity contribution is 5.87. The van der Waals surface area contributed by atoms with Gasteiger partial charge in [-0.15, -0.1) is 0 Å². The topological polar surface area (TPSA) is 55.0 Å². The molecule has 0 aliphatic rings. The van der Waals surface area contributed by atoms with Crippen LogP contribution in [0, 0.1) is 11.6 Å². The Labute approximate surface area is 108 Å². The predicted molar refractivity (Wildman–Crippen MR) is 63.7 cm³/mol. The Kier molecular flexibility index (Phi) is 3.89. The monoisotopic (exact) mass is 266 g/mol. The molecule has 1 heterocycles. The van der Waals surface area contributed by atoms with Gasteiger partial charge in [-0.25, -0.2) is 13.6 Å². The Morgan fingerprint density at radius 2 is 2.16 bits per heavy atom. The summed E-state index contributed by atoms with van der Waals surface area (Å²) in [4.78, 5) is 11.4. The van der Waals surface area contributed by atoms with Crippen molar-refractivity contribution in [2.75, 3.05) is 6.61 Å². The number of esters is 1. The van der Waals surface area contributed by atoms with E-state index in [1.807, 2.05) is 0 Å². The lowest BCUT2D eigenvalue weighted by Gasteiger charge is -2.00. The molecule has 0 radical (unpaired) electrons. The second kappa shape index (κ2) is 5.60. The van der Waals surface area contributed by atoms with Gasteiger partial charge in [0.1, 0.15) is 11.6 Å². The quantitative estimate of drug-likeness (QED) is 0.865. The van der Waals surface area contributed by atoms with Crippen molar-refractivity contribution in [2.45, 2.75) is 13.3 Å². The number of H-pyrrole nitrogens is 1. The molecule has 19 heavy (non-hydrogen) atoms. The number of carbonyl (C=O) groups is 1. The zero-order valence-corrected chi connectivity index (χ0v) is 10.2. The fraction of sp³-hybridized carbons (Fsp3) is 0.231. The SMILES string of the molecule is CCOC(=O)c1cc(Cc2ccc(F)cc2F)[nH]n1. The van der Waals surface area contributed by atoms with Gasteiger partial charge in [0.2, 0.25) is 0 Å². The van der Waals surface area contributed by atoms with E-state index >= 15 is 0 Å². The summed E-state index contributed by atoms with van der Waals surface area (Å²) >= 11 is 0. The van der Waals surface area contributed by atoms with E-state index < -0.39 is 17.6 Å². The first-order chi connectivity index (χ1) is 9.10. The van der Waals surface area contributed by atoms with E-state index in [1.54, 1.807) is 6.92 Å². The van der Waals surface area contributed by atoms with Crippen molar-refractivity contribution in [2.24, 2.45) is 0 Å². The molecule has 0 spiro atoms. The number of halogens is 2. The van der Waals surface area contributed by atoms with Crippen LogP contribution in [0.15, 0.2) is 24.3 Å². The molecule has 0 aliphatic heterocycles. The van der Waals surface area contributed by atoms with Gasteiger partial charge in [0, 0.05) is 18.2 Å². The molecular formula is C13H12F2N2O2. The lowest BCUT2D eigenvalue weighted by molar-refractivity contribution is 0.0519. The zero-order valence-electron chi connectivity index (χ0n) is 10.2. The minimum absolute atomic E-state index is 0.138. The molecular weight excluding hydrogens is 254 g/mol. The number of hydrogen-bond acceptors (Lipinski definition) is 3. The van der Waals surface area contributed by atoms with Crippen LogP contribution in [0.5, 0.6) is 0 Å². The lowest BCUT2D eigenvalue weighted by Crippen LogP contribution is -2.04. The van der Waals surface area contributed by atoms with Crippen molar-refractivity contribution in [3.05, 3.63) is 52.9 Å². The molecule has 1 aromatic carbocycles. The zero-order chi connectivity index (χ0) is 13.8. The van der Waals surface area contributed by atoms with Gasteiger partial charge >= 0.3 is 5.97 Å². The van der Waals surface area contributed by atoms with Crippen LogP contribution < -0.4 is 0 Å². The van der Waals surface area contributed by atoms with Crippen LogP contribution in [0.25, 0.3) is 0 Å². The van der Waals surface area contributed by atoms with Crippen LogP contribution in [0.1, 0.15) is 28.7 Å². The molecule has 0 atom stereocenters. The average Bonchev–Trinajstić information content (AvgIpc) is 2.82. The number of nitrogens with one attached hydrogen (secondary N) is 1. The first kappa shape index (κ1) is 13.2. The predicted octanol–water partition coefficient (Wildman–Crippen LogP) is 2.46. The summed E-state index contributed by atoms with van der Waals surface area (Å²) in [6, 6.07) is 4.84. The number of aromatic nitrogens is 2. The van der Waals surface area contributed by atoms with Gasteiger partial charge in [-0.3, -0.25) is 5.10 Å². The minimum Gasteiger partial charge on any atom is -0.461 e. The fourth-order valence-corrected chi connectivity index (χ4v) is 1.63. The Bertz CT molecular complexity index is 596. The first-order valence-corrected chi connectivity index (χ1v) is 5.75. The standard InChI is InChI=1S/C13H12F2N2O2/c1-2-19-13(18)12-7-10(16-17-12)5-8-3-4-9(14)6-11(8)15/h3-4,6-7H,2,5H2,1H3,(H,16,17). The Hall–Kier alpha value is -2.24. The van der Waals surface area contributed by atoms with Gasteiger partial charge < -0.3 is 4.74 Å². The van der Waals surface area contributed by atoms with Gasteiger partial charge in [-0.1, -0.05) is 6.07 Å². The maximum Gasteiger partial charge on any atom is 0.358 e. The van der Waals surface area contributed by atoms with E-state index in [9.17, 15) is 13.6 Å². The number of carbonyl (C=O) groups excluding carboxylic acids is 1. The molecule has 2 aromatic rings. The maximum atomic E-state index is 13.5. The molecule has 0 bridgehead atoms. The van der Waals surface area contributed by atoms with Crippen molar-refractivity contribution in [3.8, 4) is 0 Å². The summed E-state index contributed by atoms with van der Waals surface area (Å²) in [5.74, 6) is -1.80. The van der Waals surface area contributed by atoms with Gasteiger partial charge in [0.15, 0.2) is 5.69 Å². The largest absolute Gasteiger partial charge is 0.461 e. The van der Waals surface area contributed by atoms with Crippen molar-refractivity contribution in [1.82, 2.24) is 10.2 Å². The van der Waals surface area contributed by atoms with E-state index in [2.05, 4.69) is 10.2 Å². The number of rotatable bonds is 4. The van der Waals surface area contributed by atoms with Gasteiger partial charge in [0.25, 0.3) is 0 Å². The van der Waals surface area contributed by atoms with Crippen LogP contribution in [-0.4, -0.2) is 22.8 Å². The Balaban J connectivity index is 2.13. The molecule has 0 fully saturated rings. The highest BCUT2D eigenvalue weighted by Gasteiger charge is 2.12. The molecule has 2 rings (SSSR count). The molecule has 0 saturated carbocycles. The summed E-state index contributed by atoms with van der Waals surface area (Å²) in [6.07, 6.45) is 0.193. The molecule has 4 nitrogen and oxygen atoms in total. The van der Waals surface area contributed by atoms with Crippen molar-refractivity contribution >= 4 is 5.97 Å². The smallest absolute Gasteiger partial charge is 0.358 e. The van der Waals surface area contributed by atoms with E-state index in [-0.39, 0.29) is 18.7 Å². The molecule has 0 unspecified atom stereocenters. The Morgan fingerprint density at radius 1 is 1.37 bits per heavy atom. The molecule has 1 aromatic heterocycles. The maximum absolute atomic E-state index is 13.5. The number of nitrogens with zero attached hydrogens (tertiary/aromatic N) is 1. The first-order valence-electron chi connectivity index (χ1n) is 5.75. The number of aromatic amines is 1. The van der Waals surface area contributed by atoms with E-state index in [0.29, 0.717) is 11.3 Å². The third-order valence-electron chi connectivity index (χ3n) is 2.51. The highest BCUT2D eigenvalue weighted by Crippen LogP contribution is 2.14. The molecule has 0 amide bonds. The molecule has 100 valence electrons. The number of ether oxygens (including phenoxy) is 1. The summed E-state index contributed by atoms with van der Waals surface area (Å²) in [5.41, 5.74) is 1.01. The summed E-state index contributed by atoms with van der Waals surface area (Å²) in [7, 11) is 0. The minimum atomic E-state index is -0.632. The van der Waals surface area contributed by atoms with Crippen molar-refractivity contribution in [3.63, 3.8) is 0 Å². The molecule has 6 heteroatoms. The van der Waals surface area contributed by atoms with Gasteiger partial charge in [-0.05, 0) is 24.6 Å². The molecule has 0 aliphatic carbocycles. The van der Waals surface area contributed by atoms with Gasteiger partial charge in [0.05, 0.1) is 6.61 Å². The van der Waals surface area contributed by atoms with Gasteiger partial charge in [-0.2, -0.15) is 5.10 Å². The lowest BCUT2D eigenvalue weighted by atomic mass is 10.1.